The third-order valence-corrected chi connectivity index (χ3v) is 3.89. The lowest BCUT2D eigenvalue weighted by molar-refractivity contribution is -0.130. The van der Waals surface area contributed by atoms with Crippen molar-refractivity contribution >= 4 is 11.8 Å². The van der Waals surface area contributed by atoms with Crippen LogP contribution in [0.1, 0.15) is 10.5 Å². The molecule has 0 bridgehead atoms. The van der Waals surface area contributed by atoms with Gasteiger partial charge in [-0.2, -0.15) is 0 Å². The number of hydrogen-bond donors (Lipinski definition) is 1. The van der Waals surface area contributed by atoms with E-state index >= 15 is 0 Å². The van der Waals surface area contributed by atoms with Gasteiger partial charge in [-0.3, -0.25) is 9.59 Å². The first kappa shape index (κ1) is 12.0. The molecule has 19 heavy (non-hydrogen) atoms. The van der Waals surface area contributed by atoms with Gasteiger partial charge in [0.15, 0.2) is 0 Å². The predicted octanol–water partition coefficient (Wildman–Crippen LogP) is 0.126. The molecule has 2 amide bonds. The van der Waals surface area contributed by atoms with Crippen molar-refractivity contribution < 1.29 is 9.59 Å². The number of fused-ring (bicyclic) bond motifs is 1. The summed E-state index contributed by atoms with van der Waals surface area (Å²) in [7, 11) is 0. The third kappa shape index (κ3) is 1.93. The Bertz CT molecular complexity index is 511. The number of likely N-dealkylation sites (tertiary alicyclic amines) is 2. The van der Waals surface area contributed by atoms with Crippen LogP contribution in [0, 0.1) is 11.8 Å². The lowest BCUT2D eigenvalue weighted by Crippen LogP contribution is -2.35. The molecule has 2 saturated heterocycles. The number of imidazole rings is 1. The molecule has 100 valence electrons. The minimum Gasteiger partial charge on any atom is -0.341 e. The average Bonchev–Trinajstić information content (AvgIpc) is 3.09. The summed E-state index contributed by atoms with van der Waals surface area (Å²) in [5.41, 5.74) is 0.482. The molecule has 0 aliphatic carbocycles. The van der Waals surface area contributed by atoms with Crippen molar-refractivity contribution in [2.75, 3.05) is 26.2 Å². The molecule has 1 aromatic rings. The first-order chi connectivity index (χ1) is 9.20. The molecule has 2 atom stereocenters. The minimum absolute atomic E-state index is 0.0492. The molecule has 3 rings (SSSR count). The van der Waals surface area contributed by atoms with E-state index < -0.39 is 0 Å². The molecule has 0 saturated carbocycles. The Morgan fingerprint density at radius 1 is 1.53 bits per heavy atom. The minimum atomic E-state index is -0.0741. The highest BCUT2D eigenvalue weighted by atomic mass is 16.2. The van der Waals surface area contributed by atoms with Crippen LogP contribution < -0.4 is 0 Å². The van der Waals surface area contributed by atoms with E-state index in [2.05, 4.69) is 16.5 Å². The summed E-state index contributed by atoms with van der Waals surface area (Å²) in [5.74, 6) is 0.269. The molecule has 0 aromatic carbocycles. The van der Waals surface area contributed by atoms with E-state index in [1.54, 1.807) is 11.0 Å². The van der Waals surface area contributed by atoms with Gasteiger partial charge < -0.3 is 14.8 Å². The van der Waals surface area contributed by atoms with Crippen LogP contribution in [-0.4, -0.2) is 57.8 Å². The van der Waals surface area contributed by atoms with Crippen molar-refractivity contribution in [3.05, 3.63) is 30.9 Å². The van der Waals surface area contributed by atoms with Crippen molar-refractivity contribution in [2.45, 2.75) is 0 Å². The van der Waals surface area contributed by atoms with Gasteiger partial charge >= 0.3 is 0 Å². The maximum Gasteiger partial charge on any atom is 0.271 e. The van der Waals surface area contributed by atoms with E-state index in [1.807, 2.05) is 4.90 Å². The van der Waals surface area contributed by atoms with Crippen molar-refractivity contribution in [1.82, 2.24) is 19.8 Å². The van der Waals surface area contributed by atoms with Crippen LogP contribution in [0.25, 0.3) is 0 Å². The second-order valence-electron chi connectivity index (χ2n) is 5.07. The quantitative estimate of drug-likeness (QED) is 0.785. The van der Waals surface area contributed by atoms with Gasteiger partial charge in [0.2, 0.25) is 5.91 Å². The summed E-state index contributed by atoms with van der Waals surface area (Å²) < 4.78 is 0. The Labute approximate surface area is 111 Å². The van der Waals surface area contributed by atoms with Crippen LogP contribution in [0.4, 0.5) is 0 Å². The van der Waals surface area contributed by atoms with Gasteiger partial charge in [0.1, 0.15) is 5.69 Å². The maximum atomic E-state index is 12.2. The van der Waals surface area contributed by atoms with Gasteiger partial charge in [-0.05, 0) is 0 Å². The summed E-state index contributed by atoms with van der Waals surface area (Å²) in [6, 6.07) is 0. The average molecular weight is 260 g/mol. The van der Waals surface area contributed by atoms with Crippen molar-refractivity contribution in [2.24, 2.45) is 11.8 Å². The predicted molar refractivity (Wildman–Crippen MR) is 68.2 cm³/mol. The van der Waals surface area contributed by atoms with E-state index in [0.717, 1.165) is 6.54 Å². The monoisotopic (exact) mass is 260 g/mol. The number of aromatic amines is 1. The largest absolute Gasteiger partial charge is 0.341 e. The molecule has 6 nitrogen and oxygen atoms in total. The highest BCUT2D eigenvalue weighted by Crippen LogP contribution is 2.32. The van der Waals surface area contributed by atoms with E-state index in [1.165, 1.54) is 12.5 Å². The highest BCUT2D eigenvalue weighted by Gasteiger charge is 2.47. The molecule has 0 radical (unpaired) electrons. The first-order valence-corrected chi connectivity index (χ1v) is 6.38. The molecule has 2 aliphatic heterocycles. The lowest BCUT2D eigenvalue weighted by atomic mass is 10.0. The van der Waals surface area contributed by atoms with E-state index in [-0.39, 0.29) is 23.7 Å². The molecule has 0 unspecified atom stereocenters. The van der Waals surface area contributed by atoms with Crippen LogP contribution in [0.15, 0.2) is 25.2 Å². The molecule has 3 heterocycles. The number of carbonyl (C=O) groups is 2. The fourth-order valence-electron chi connectivity index (χ4n) is 2.97. The van der Waals surface area contributed by atoms with Crippen LogP contribution in [0.5, 0.6) is 0 Å². The second kappa shape index (κ2) is 4.53. The summed E-state index contributed by atoms with van der Waals surface area (Å²) in [5, 5.41) is 0. The molecule has 1 aromatic heterocycles. The Morgan fingerprint density at radius 2 is 2.37 bits per heavy atom. The van der Waals surface area contributed by atoms with Gasteiger partial charge in [0, 0.05) is 32.1 Å². The SMILES string of the molecule is C=CCN1C[C@@H]2CN(C(=O)c3cnc[nH]3)C[C@@H]2C1=O. The molecule has 6 heteroatoms. The van der Waals surface area contributed by atoms with Gasteiger partial charge in [-0.15, -0.1) is 6.58 Å². The number of H-pyrrole nitrogens is 1. The van der Waals surface area contributed by atoms with Crippen molar-refractivity contribution in [3.63, 3.8) is 0 Å². The number of carbonyl (C=O) groups excluding carboxylic acids is 2. The molecule has 0 spiro atoms. The smallest absolute Gasteiger partial charge is 0.271 e. The molecular formula is C13H16N4O2. The molecule has 2 aliphatic rings. The number of nitrogens with one attached hydrogen (secondary N) is 1. The Balaban J connectivity index is 1.69. The van der Waals surface area contributed by atoms with Crippen LogP contribution in [0.3, 0.4) is 0 Å². The van der Waals surface area contributed by atoms with Gasteiger partial charge in [0.25, 0.3) is 5.91 Å². The summed E-state index contributed by atoms with van der Waals surface area (Å²) >= 11 is 0. The van der Waals surface area contributed by atoms with Crippen molar-refractivity contribution in [1.29, 1.82) is 0 Å². The summed E-state index contributed by atoms with van der Waals surface area (Å²) in [4.78, 5) is 34.5. The third-order valence-electron chi connectivity index (χ3n) is 3.89. The topological polar surface area (TPSA) is 69.3 Å². The number of nitrogens with zero attached hydrogens (tertiary/aromatic N) is 3. The van der Waals surface area contributed by atoms with Crippen LogP contribution >= 0.6 is 0 Å². The maximum absolute atomic E-state index is 12.2. The Kier molecular flexibility index (Phi) is 2.85. The van der Waals surface area contributed by atoms with Gasteiger partial charge in [0.05, 0.1) is 18.4 Å². The zero-order valence-electron chi connectivity index (χ0n) is 10.6. The van der Waals surface area contributed by atoms with Gasteiger partial charge in [-0.25, -0.2) is 4.98 Å². The Morgan fingerprint density at radius 3 is 3.00 bits per heavy atom. The number of hydrogen-bond acceptors (Lipinski definition) is 3. The first-order valence-electron chi connectivity index (χ1n) is 6.38. The second-order valence-corrected chi connectivity index (χ2v) is 5.07. The molecular weight excluding hydrogens is 244 g/mol. The number of aromatic nitrogens is 2. The zero-order chi connectivity index (χ0) is 13.4. The van der Waals surface area contributed by atoms with Crippen LogP contribution in [0.2, 0.25) is 0 Å². The lowest BCUT2D eigenvalue weighted by Gasteiger charge is -2.20. The van der Waals surface area contributed by atoms with E-state index in [4.69, 9.17) is 0 Å². The summed E-state index contributed by atoms with van der Waals surface area (Å²) in [6.07, 6.45) is 4.75. The number of amides is 2. The summed E-state index contributed by atoms with van der Waals surface area (Å²) in [6.45, 7) is 6.13. The van der Waals surface area contributed by atoms with E-state index in [0.29, 0.717) is 25.3 Å². The number of rotatable bonds is 3. The van der Waals surface area contributed by atoms with Gasteiger partial charge in [-0.1, -0.05) is 6.08 Å². The van der Waals surface area contributed by atoms with E-state index in [9.17, 15) is 9.59 Å². The zero-order valence-corrected chi connectivity index (χ0v) is 10.6. The standard InChI is InChI=1S/C13H16N4O2/c1-2-3-16-5-9-6-17(7-10(9)12(16)18)13(19)11-4-14-8-15-11/h2,4,8-10H,1,3,5-7H2,(H,14,15)/t9-,10+/m1/s1. The normalized spacial score (nSPS) is 25.8. The highest BCUT2D eigenvalue weighted by molar-refractivity contribution is 5.93. The Hall–Kier alpha value is -2.11. The molecule has 2 fully saturated rings. The van der Waals surface area contributed by atoms with Crippen LogP contribution in [-0.2, 0) is 4.79 Å². The van der Waals surface area contributed by atoms with Crippen molar-refractivity contribution in [3.8, 4) is 0 Å². The fourth-order valence-corrected chi connectivity index (χ4v) is 2.97. The molecule has 1 N–H and O–H groups in total. The fraction of sp³-hybridized carbons (Fsp3) is 0.462.